The van der Waals surface area contributed by atoms with E-state index in [2.05, 4.69) is 5.32 Å². The van der Waals surface area contributed by atoms with Crippen molar-refractivity contribution in [2.45, 2.75) is 32.6 Å². The smallest absolute Gasteiger partial charge is 0.123 e. The van der Waals surface area contributed by atoms with Crippen molar-refractivity contribution >= 4 is 0 Å². The fourth-order valence-electron chi connectivity index (χ4n) is 1.73. The molecule has 120 valence electrons. The molecule has 5 nitrogen and oxygen atoms in total. The topological polar surface area (TPSA) is 60.0 Å². The molecule has 1 unspecified atom stereocenters. The quantitative estimate of drug-likeness (QED) is 0.607. The van der Waals surface area contributed by atoms with Crippen molar-refractivity contribution in [2.24, 2.45) is 0 Å². The van der Waals surface area contributed by atoms with Crippen molar-refractivity contribution in [1.29, 1.82) is 0 Å². The summed E-state index contributed by atoms with van der Waals surface area (Å²) in [5.41, 5.74) is 1.06. The summed E-state index contributed by atoms with van der Waals surface area (Å²) >= 11 is 0. The van der Waals surface area contributed by atoms with Gasteiger partial charge >= 0.3 is 0 Å². The van der Waals surface area contributed by atoms with E-state index in [1.165, 1.54) is 0 Å². The molecule has 0 amide bonds. The highest BCUT2D eigenvalue weighted by atomic mass is 16.5. The van der Waals surface area contributed by atoms with Crippen LogP contribution in [0.4, 0.5) is 0 Å². The van der Waals surface area contributed by atoms with E-state index in [0.717, 1.165) is 17.9 Å². The largest absolute Gasteiger partial charge is 0.490 e. The number of aliphatic hydroxyl groups excluding tert-OH is 1. The average molecular weight is 297 g/mol. The van der Waals surface area contributed by atoms with Crippen molar-refractivity contribution < 1.29 is 19.3 Å². The molecule has 0 aliphatic carbocycles. The maximum absolute atomic E-state index is 9.81. The Hall–Kier alpha value is -1.14. The van der Waals surface area contributed by atoms with Crippen molar-refractivity contribution in [3.8, 4) is 5.75 Å². The highest BCUT2D eigenvalue weighted by Gasteiger charge is 2.09. The minimum atomic E-state index is -0.623. The molecule has 0 fully saturated rings. The van der Waals surface area contributed by atoms with Crippen molar-refractivity contribution in [1.82, 2.24) is 5.32 Å². The molecule has 0 aliphatic heterocycles. The molecule has 0 aliphatic rings. The number of rotatable bonds is 11. The van der Waals surface area contributed by atoms with E-state index in [-0.39, 0.29) is 19.3 Å². The molecule has 0 spiro atoms. The summed E-state index contributed by atoms with van der Waals surface area (Å²) in [6.07, 6.45) is -0.515. The lowest BCUT2D eigenvalue weighted by molar-refractivity contribution is -0.0124. The molecule has 0 heterocycles. The van der Waals surface area contributed by atoms with Crippen LogP contribution < -0.4 is 10.1 Å². The van der Waals surface area contributed by atoms with Crippen molar-refractivity contribution in [3.05, 3.63) is 29.8 Å². The van der Waals surface area contributed by atoms with Crippen LogP contribution in [0, 0.1) is 0 Å². The number of aliphatic hydroxyl groups is 1. The molecule has 0 bridgehead atoms. The molecule has 0 saturated heterocycles. The molecule has 2 N–H and O–H groups in total. The van der Waals surface area contributed by atoms with Crippen LogP contribution in [0.2, 0.25) is 0 Å². The average Bonchev–Trinajstić information content (AvgIpc) is 2.48. The second-order valence-corrected chi connectivity index (χ2v) is 5.12. The first-order chi connectivity index (χ1) is 10.1. The summed E-state index contributed by atoms with van der Waals surface area (Å²) in [6, 6.07) is 7.80. The summed E-state index contributed by atoms with van der Waals surface area (Å²) in [7, 11) is 1.68. The zero-order chi connectivity index (χ0) is 15.5. The van der Waals surface area contributed by atoms with Crippen LogP contribution >= 0.6 is 0 Å². The normalized spacial score (nSPS) is 12.6. The van der Waals surface area contributed by atoms with Crippen LogP contribution in [0.1, 0.15) is 19.4 Å². The summed E-state index contributed by atoms with van der Waals surface area (Å²) < 4.78 is 16.0. The molecule has 1 atom stereocenters. The van der Waals surface area contributed by atoms with Crippen LogP contribution in [0.5, 0.6) is 5.75 Å². The molecule has 1 aromatic carbocycles. The lowest BCUT2D eigenvalue weighted by Gasteiger charge is -2.16. The highest BCUT2D eigenvalue weighted by Crippen LogP contribution is 2.17. The summed E-state index contributed by atoms with van der Waals surface area (Å²) in [5, 5.41) is 13.1. The molecule has 5 heteroatoms. The molecule has 0 aromatic heterocycles. The standard InChI is InChI=1S/C16H27NO4/c1-13(2)20-11-15(18)12-21-16-7-5-4-6-14(16)10-17-8-9-19-3/h4-7,13,15,17-18H,8-12H2,1-3H3. The molecule has 0 saturated carbocycles. The summed E-state index contributed by atoms with van der Waals surface area (Å²) in [4.78, 5) is 0. The zero-order valence-corrected chi connectivity index (χ0v) is 13.2. The van der Waals surface area contributed by atoms with Crippen molar-refractivity contribution in [2.75, 3.05) is 33.5 Å². The van der Waals surface area contributed by atoms with Gasteiger partial charge in [0.2, 0.25) is 0 Å². The maximum atomic E-state index is 9.81. The van der Waals surface area contributed by atoms with Crippen LogP contribution in [0.15, 0.2) is 24.3 Å². The molecule has 1 aromatic rings. The van der Waals surface area contributed by atoms with Gasteiger partial charge in [0.05, 0.1) is 19.3 Å². The van der Waals surface area contributed by atoms with Gasteiger partial charge in [0, 0.05) is 25.8 Å². The Morgan fingerprint density at radius 1 is 1.19 bits per heavy atom. The first-order valence-electron chi connectivity index (χ1n) is 7.33. The Kier molecular flexibility index (Phi) is 9.01. The number of para-hydroxylation sites is 1. The van der Waals surface area contributed by atoms with Crippen molar-refractivity contribution in [3.63, 3.8) is 0 Å². The molecular formula is C16H27NO4. The van der Waals surface area contributed by atoms with Gasteiger partial charge in [-0.2, -0.15) is 0 Å². The number of benzene rings is 1. The predicted molar refractivity (Wildman–Crippen MR) is 82.6 cm³/mol. The fourth-order valence-corrected chi connectivity index (χ4v) is 1.73. The summed E-state index contributed by atoms with van der Waals surface area (Å²) in [6.45, 7) is 6.55. The Labute approximate surface area is 127 Å². The predicted octanol–water partition coefficient (Wildman–Crippen LogP) is 1.59. The molecule has 1 rings (SSSR count). The molecular weight excluding hydrogens is 270 g/mol. The van der Waals surface area contributed by atoms with Crippen LogP contribution in [0.3, 0.4) is 0 Å². The van der Waals surface area contributed by atoms with E-state index in [9.17, 15) is 5.11 Å². The third kappa shape index (κ3) is 8.02. The van der Waals surface area contributed by atoms with Gasteiger partial charge in [-0.1, -0.05) is 18.2 Å². The van der Waals surface area contributed by atoms with E-state index in [1.807, 2.05) is 38.1 Å². The van der Waals surface area contributed by atoms with E-state index in [4.69, 9.17) is 14.2 Å². The number of ether oxygens (including phenoxy) is 3. The van der Waals surface area contributed by atoms with Gasteiger partial charge in [0.1, 0.15) is 18.5 Å². The lowest BCUT2D eigenvalue weighted by atomic mass is 10.2. The number of nitrogens with one attached hydrogen (secondary N) is 1. The number of hydrogen-bond acceptors (Lipinski definition) is 5. The SMILES string of the molecule is COCCNCc1ccccc1OCC(O)COC(C)C. The second kappa shape index (κ2) is 10.6. The fraction of sp³-hybridized carbons (Fsp3) is 0.625. The van der Waals surface area contributed by atoms with Gasteiger partial charge in [0.25, 0.3) is 0 Å². The third-order valence-corrected chi connectivity index (χ3v) is 2.82. The van der Waals surface area contributed by atoms with Gasteiger partial charge in [0.15, 0.2) is 0 Å². The van der Waals surface area contributed by atoms with Gasteiger partial charge in [-0.05, 0) is 19.9 Å². The monoisotopic (exact) mass is 297 g/mol. The molecule has 0 radical (unpaired) electrons. The Morgan fingerprint density at radius 2 is 1.95 bits per heavy atom. The maximum Gasteiger partial charge on any atom is 0.123 e. The Bertz CT molecular complexity index is 384. The van der Waals surface area contributed by atoms with E-state index >= 15 is 0 Å². The van der Waals surface area contributed by atoms with Crippen LogP contribution in [-0.2, 0) is 16.0 Å². The molecule has 21 heavy (non-hydrogen) atoms. The van der Waals surface area contributed by atoms with Gasteiger partial charge in [-0.15, -0.1) is 0 Å². The zero-order valence-electron chi connectivity index (χ0n) is 13.2. The van der Waals surface area contributed by atoms with Crippen LogP contribution in [0.25, 0.3) is 0 Å². The minimum Gasteiger partial charge on any atom is -0.490 e. The second-order valence-electron chi connectivity index (χ2n) is 5.12. The third-order valence-electron chi connectivity index (χ3n) is 2.82. The highest BCUT2D eigenvalue weighted by molar-refractivity contribution is 5.33. The van der Waals surface area contributed by atoms with E-state index in [0.29, 0.717) is 13.2 Å². The minimum absolute atomic E-state index is 0.108. The Morgan fingerprint density at radius 3 is 2.67 bits per heavy atom. The first-order valence-corrected chi connectivity index (χ1v) is 7.33. The van der Waals surface area contributed by atoms with E-state index < -0.39 is 6.10 Å². The van der Waals surface area contributed by atoms with Crippen LogP contribution in [-0.4, -0.2) is 50.8 Å². The summed E-state index contributed by atoms with van der Waals surface area (Å²) in [5.74, 6) is 0.783. The number of methoxy groups -OCH3 is 1. The van der Waals surface area contributed by atoms with E-state index in [1.54, 1.807) is 7.11 Å². The van der Waals surface area contributed by atoms with Gasteiger partial charge < -0.3 is 24.6 Å². The number of hydrogen-bond donors (Lipinski definition) is 2. The Balaban J connectivity index is 2.39. The lowest BCUT2D eigenvalue weighted by Crippen LogP contribution is -2.25. The first kappa shape index (κ1) is 17.9. The van der Waals surface area contributed by atoms with Gasteiger partial charge in [-0.3, -0.25) is 0 Å². The van der Waals surface area contributed by atoms with Gasteiger partial charge in [-0.25, -0.2) is 0 Å².